The monoisotopic (exact) mass is 406 g/mol. The van der Waals surface area contributed by atoms with E-state index < -0.39 is 11.6 Å². The van der Waals surface area contributed by atoms with E-state index >= 15 is 0 Å². The van der Waals surface area contributed by atoms with Gasteiger partial charge >= 0.3 is 0 Å². The number of amides is 1. The van der Waals surface area contributed by atoms with E-state index in [2.05, 4.69) is 15.0 Å². The quantitative estimate of drug-likeness (QED) is 0.723. The summed E-state index contributed by atoms with van der Waals surface area (Å²) in [4.78, 5) is 22.6. The first kappa shape index (κ1) is 21.0. The van der Waals surface area contributed by atoms with Crippen molar-refractivity contribution < 1.29 is 23.0 Å². The maximum Gasteiger partial charge on any atom is 0.250 e. The number of nitrogens with zero attached hydrogens (tertiary/aromatic N) is 3. The molecule has 2 N–H and O–H groups in total. The van der Waals surface area contributed by atoms with Gasteiger partial charge in [-0.3, -0.25) is 4.79 Å². The van der Waals surface area contributed by atoms with Crippen LogP contribution in [0.25, 0.3) is 11.4 Å². The third-order valence-corrected chi connectivity index (χ3v) is 4.75. The minimum absolute atomic E-state index is 0.0738. The van der Waals surface area contributed by atoms with Gasteiger partial charge in [-0.25, -0.2) is 23.7 Å². The molecule has 7 nitrogen and oxygen atoms in total. The van der Waals surface area contributed by atoms with Gasteiger partial charge in [-0.1, -0.05) is 6.92 Å². The fourth-order valence-electron chi connectivity index (χ4n) is 3.27. The predicted octanol–water partition coefficient (Wildman–Crippen LogP) is 3.03. The fraction of sp³-hybridized carbons (Fsp3) is 0.500. The lowest BCUT2D eigenvalue weighted by molar-refractivity contribution is -0.119. The summed E-state index contributed by atoms with van der Waals surface area (Å²) in [6, 6.07) is 1.23. The first-order valence-corrected chi connectivity index (χ1v) is 9.60. The Labute approximate surface area is 167 Å². The van der Waals surface area contributed by atoms with Crippen LogP contribution in [0.15, 0.2) is 24.7 Å². The molecule has 1 atom stereocenters. The maximum atomic E-state index is 14.4. The number of hydrogen-bond acceptors (Lipinski definition) is 6. The Morgan fingerprint density at radius 1 is 1.14 bits per heavy atom. The minimum atomic E-state index is -0.617. The van der Waals surface area contributed by atoms with E-state index in [1.807, 2.05) is 6.92 Å². The van der Waals surface area contributed by atoms with E-state index in [0.29, 0.717) is 18.6 Å². The molecule has 0 bridgehead atoms. The summed E-state index contributed by atoms with van der Waals surface area (Å²) in [5, 5.41) is 0. The Bertz CT molecular complexity index is 827. The van der Waals surface area contributed by atoms with Crippen molar-refractivity contribution >= 4 is 5.91 Å². The van der Waals surface area contributed by atoms with Crippen LogP contribution in [-0.4, -0.2) is 39.7 Å². The molecule has 1 fully saturated rings. The molecular weight excluding hydrogens is 382 g/mol. The molecule has 0 unspecified atom stereocenters. The molecule has 2 heterocycles. The van der Waals surface area contributed by atoms with Gasteiger partial charge in [0.15, 0.2) is 17.5 Å². The number of pyridine rings is 1. The summed E-state index contributed by atoms with van der Waals surface area (Å²) in [5.41, 5.74) is 5.53. The summed E-state index contributed by atoms with van der Waals surface area (Å²) in [6.45, 7) is 2.41. The van der Waals surface area contributed by atoms with Crippen molar-refractivity contribution in [3.05, 3.63) is 36.3 Å². The lowest BCUT2D eigenvalue weighted by atomic mass is 9.94. The average molecular weight is 406 g/mol. The van der Waals surface area contributed by atoms with E-state index in [0.717, 1.165) is 38.1 Å². The van der Waals surface area contributed by atoms with Gasteiger partial charge in [0.1, 0.15) is 6.10 Å². The van der Waals surface area contributed by atoms with Crippen LogP contribution in [0.2, 0.25) is 0 Å². The van der Waals surface area contributed by atoms with Crippen molar-refractivity contribution in [3.63, 3.8) is 0 Å². The van der Waals surface area contributed by atoms with Gasteiger partial charge in [0.25, 0.3) is 5.88 Å². The van der Waals surface area contributed by atoms with Crippen LogP contribution in [-0.2, 0) is 9.53 Å². The summed E-state index contributed by atoms with van der Waals surface area (Å²) >= 11 is 0. The minimum Gasteiger partial charge on any atom is -0.472 e. The van der Waals surface area contributed by atoms with E-state index in [9.17, 15) is 13.6 Å². The van der Waals surface area contributed by atoms with Crippen molar-refractivity contribution in [2.45, 2.75) is 51.2 Å². The van der Waals surface area contributed by atoms with Crippen LogP contribution in [0, 0.1) is 17.6 Å². The van der Waals surface area contributed by atoms with Gasteiger partial charge in [-0.2, -0.15) is 0 Å². The number of carbonyl (C=O) groups is 1. The zero-order chi connectivity index (χ0) is 20.8. The van der Waals surface area contributed by atoms with Crippen LogP contribution in [0.5, 0.6) is 5.88 Å². The number of primary amides is 1. The SMILES string of the molecule is C[C@@H](COC1CCC(Oc2ncc(-c3ncc(F)cn3)cc2F)CC1)CC(N)=O. The predicted molar refractivity (Wildman–Crippen MR) is 101 cm³/mol. The fourth-order valence-corrected chi connectivity index (χ4v) is 3.27. The smallest absolute Gasteiger partial charge is 0.250 e. The highest BCUT2D eigenvalue weighted by Crippen LogP contribution is 2.27. The Hall–Kier alpha value is -2.68. The molecule has 0 saturated heterocycles. The van der Waals surface area contributed by atoms with E-state index in [-0.39, 0.29) is 35.7 Å². The highest BCUT2D eigenvalue weighted by Gasteiger charge is 2.25. The zero-order valence-corrected chi connectivity index (χ0v) is 16.2. The zero-order valence-electron chi connectivity index (χ0n) is 16.2. The molecular formula is C20H24F2N4O3. The van der Waals surface area contributed by atoms with Gasteiger partial charge in [-0.05, 0) is 37.7 Å². The lowest BCUT2D eigenvalue weighted by Gasteiger charge is -2.29. The third kappa shape index (κ3) is 6.15. The molecule has 0 spiro atoms. The molecule has 1 aliphatic rings. The van der Waals surface area contributed by atoms with E-state index in [1.54, 1.807) is 0 Å². The van der Waals surface area contributed by atoms with Crippen molar-refractivity contribution in [1.29, 1.82) is 0 Å². The largest absolute Gasteiger partial charge is 0.472 e. The molecule has 156 valence electrons. The van der Waals surface area contributed by atoms with E-state index in [1.165, 1.54) is 12.3 Å². The molecule has 29 heavy (non-hydrogen) atoms. The first-order chi connectivity index (χ1) is 13.9. The summed E-state index contributed by atoms with van der Waals surface area (Å²) in [5.74, 6) is -1.31. The van der Waals surface area contributed by atoms with Crippen molar-refractivity contribution in [2.24, 2.45) is 11.7 Å². The number of nitrogens with two attached hydrogens (primary N) is 1. The highest BCUT2D eigenvalue weighted by molar-refractivity contribution is 5.73. The molecule has 2 aromatic rings. The number of aromatic nitrogens is 3. The normalized spacial score (nSPS) is 20.2. The summed E-state index contributed by atoms with van der Waals surface area (Å²) in [7, 11) is 0. The second kappa shape index (κ2) is 9.69. The average Bonchev–Trinajstić information content (AvgIpc) is 2.69. The molecule has 1 aliphatic carbocycles. The second-order valence-electron chi connectivity index (χ2n) is 7.36. The van der Waals surface area contributed by atoms with Crippen LogP contribution in [0.4, 0.5) is 8.78 Å². The molecule has 1 saturated carbocycles. The Morgan fingerprint density at radius 3 is 2.41 bits per heavy atom. The van der Waals surface area contributed by atoms with Gasteiger partial charge < -0.3 is 15.2 Å². The van der Waals surface area contributed by atoms with Crippen molar-refractivity contribution in [2.75, 3.05) is 6.61 Å². The van der Waals surface area contributed by atoms with Crippen LogP contribution in [0.3, 0.4) is 0 Å². The number of carbonyl (C=O) groups excluding carboxylic acids is 1. The molecule has 0 radical (unpaired) electrons. The first-order valence-electron chi connectivity index (χ1n) is 9.60. The van der Waals surface area contributed by atoms with Gasteiger partial charge in [0.05, 0.1) is 18.5 Å². The van der Waals surface area contributed by atoms with Crippen LogP contribution in [0.1, 0.15) is 39.0 Å². The molecule has 0 aromatic carbocycles. The number of rotatable bonds is 8. The molecule has 3 rings (SSSR count). The number of ether oxygens (including phenoxy) is 2. The maximum absolute atomic E-state index is 14.4. The Balaban J connectivity index is 1.49. The third-order valence-electron chi connectivity index (χ3n) is 4.75. The van der Waals surface area contributed by atoms with Gasteiger partial charge in [0.2, 0.25) is 5.91 Å². The van der Waals surface area contributed by atoms with Crippen LogP contribution < -0.4 is 10.5 Å². The van der Waals surface area contributed by atoms with Gasteiger partial charge in [-0.15, -0.1) is 0 Å². The molecule has 1 amide bonds. The topological polar surface area (TPSA) is 100 Å². The Morgan fingerprint density at radius 2 is 1.79 bits per heavy atom. The van der Waals surface area contributed by atoms with Crippen molar-refractivity contribution in [1.82, 2.24) is 15.0 Å². The van der Waals surface area contributed by atoms with Gasteiger partial charge in [0, 0.05) is 24.8 Å². The van der Waals surface area contributed by atoms with Crippen LogP contribution >= 0.6 is 0 Å². The lowest BCUT2D eigenvalue weighted by Crippen LogP contribution is -2.30. The standard InChI is InChI=1S/C20H24F2N4O3/c1-12(6-18(23)27)11-28-15-2-4-16(5-3-15)29-20-17(22)7-13(8-26-20)19-24-9-14(21)10-25-19/h7-10,12,15-16H,2-6,11H2,1H3,(H2,23,27)/t12-,15?,16?/m1/s1. The van der Waals surface area contributed by atoms with Crippen molar-refractivity contribution in [3.8, 4) is 17.3 Å². The summed E-state index contributed by atoms with van der Waals surface area (Å²) in [6.07, 6.45) is 6.71. The summed E-state index contributed by atoms with van der Waals surface area (Å²) < 4.78 is 38.9. The highest BCUT2D eigenvalue weighted by atomic mass is 19.1. The van der Waals surface area contributed by atoms with E-state index in [4.69, 9.17) is 15.2 Å². The molecule has 2 aromatic heterocycles. The number of halogens is 2. The second-order valence-corrected chi connectivity index (χ2v) is 7.36. The molecule has 0 aliphatic heterocycles. The number of hydrogen-bond donors (Lipinski definition) is 1. The molecule has 9 heteroatoms. The Kier molecular flexibility index (Phi) is 7.03.